The molecule has 0 aliphatic carbocycles. The van der Waals surface area contributed by atoms with Crippen molar-refractivity contribution in [1.82, 2.24) is 4.90 Å². The number of ether oxygens (including phenoxy) is 1. The first-order valence-electron chi connectivity index (χ1n) is 3.42. The summed E-state index contributed by atoms with van der Waals surface area (Å²) in [6.07, 6.45) is 1.67. The molecular formula is C7H9NO2V. The topological polar surface area (TPSA) is 29.5 Å². The second kappa shape index (κ2) is 3.24. The Kier molecular flexibility index (Phi) is 2.52. The van der Waals surface area contributed by atoms with Gasteiger partial charge in [-0.1, -0.05) is 0 Å². The SMILES string of the molecule is C/C=C1\O[C](=[V])N(CC)C1=O. The van der Waals surface area contributed by atoms with Gasteiger partial charge in [0.05, 0.1) is 0 Å². The summed E-state index contributed by atoms with van der Waals surface area (Å²) in [5.41, 5.74) is 0. The second-order valence-corrected chi connectivity index (χ2v) is 2.68. The standard InChI is InChI=1S/C7H9NO2.V/c1-3-6-7(9)8(4-2)5-10-6;/h3H,4H2,1-2H3;/b6-3-;. The first-order valence-corrected chi connectivity index (χ1v) is 4.12. The predicted octanol–water partition coefficient (Wildman–Crippen LogP) is 0.403. The zero-order chi connectivity index (χ0) is 8.43. The molecule has 59 valence electrons. The van der Waals surface area contributed by atoms with E-state index in [0.29, 0.717) is 16.8 Å². The fourth-order valence-corrected chi connectivity index (χ4v) is 1.39. The van der Waals surface area contributed by atoms with Crippen molar-refractivity contribution in [1.29, 1.82) is 0 Å². The Morgan fingerprint density at radius 2 is 2.36 bits per heavy atom. The molecule has 4 heteroatoms. The normalized spacial score (nSPS) is 21.2. The molecule has 11 heavy (non-hydrogen) atoms. The van der Waals surface area contributed by atoms with Gasteiger partial charge in [0, 0.05) is 0 Å². The Bertz CT molecular complexity index is 235. The van der Waals surface area contributed by atoms with Crippen LogP contribution in [0.4, 0.5) is 0 Å². The van der Waals surface area contributed by atoms with Crippen LogP contribution in [0.5, 0.6) is 0 Å². The molecule has 0 radical (unpaired) electrons. The third-order valence-electron chi connectivity index (χ3n) is 1.47. The summed E-state index contributed by atoms with van der Waals surface area (Å²) in [4.78, 5) is 12.9. The number of likely N-dealkylation sites (N-methyl/N-ethyl adjacent to an activating group) is 1. The van der Waals surface area contributed by atoms with Crippen LogP contribution in [0.25, 0.3) is 0 Å². The van der Waals surface area contributed by atoms with Crippen molar-refractivity contribution in [3.63, 3.8) is 0 Å². The van der Waals surface area contributed by atoms with Crippen molar-refractivity contribution in [2.24, 2.45) is 0 Å². The molecule has 0 saturated carbocycles. The maximum absolute atomic E-state index is 11.3. The minimum absolute atomic E-state index is 0.0503. The van der Waals surface area contributed by atoms with Crippen LogP contribution in [0.2, 0.25) is 0 Å². The van der Waals surface area contributed by atoms with E-state index in [-0.39, 0.29) is 5.91 Å². The van der Waals surface area contributed by atoms with E-state index in [9.17, 15) is 4.79 Å². The third kappa shape index (κ3) is 1.39. The number of rotatable bonds is 1. The van der Waals surface area contributed by atoms with E-state index in [1.54, 1.807) is 17.9 Å². The Hall–Kier alpha value is -0.536. The summed E-state index contributed by atoms with van der Waals surface area (Å²) in [5, 5.41) is 0. The quantitative estimate of drug-likeness (QED) is 0.560. The van der Waals surface area contributed by atoms with Crippen LogP contribution in [-0.2, 0) is 26.5 Å². The molecule has 1 aliphatic heterocycles. The number of hydrogen-bond donors (Lipinski definition) is 0. The molecule has 0 atom stereocenters. The average Bonchev–Trinajstić information content (AvgIpc) is 2.26. The number of hydrogen-bond acceptors (Lipinski definition) is 2. The first kappa shape index (κ1) is 8.56. The van der Waals surface area contributed by atoms with Gasteiger partial charge < -0.3 is 0 Å². The predicted molar refractivity (Wildman–Crippen MR) is 37.2 cm³/mol. The van der Waals surface area contributed by atoms with Gasteiger partial charge in [-0.2, -0.15) is 0 Å². The van der Waals surface area contributed by atoms with Gasteiger partial charge in [0.25, 0.3) is 0 Å². The minimum atomic E-state index is -0.0503. The van der Waals surface area contributed by atoms with Crippen LogP contribution in [0, 0.1) is 0 Å². The summed E-state index contributed by atoms with van der Waals surface area (Å²) in [5.74, 6) is 0.369. The molecule has 0 unspecified atom stereocenters. The summed E-state index contributed by atoms with van der Waals surface area (Å²) < 4.78 is 5.76. The zero-order valence-electron chi connectivity index (χ0n) is 6.50. The van der Waals surface area contributed by atoms with E-state index in [1.165, 1.54) is 0 Å². The first-order chi connectivity index (χ1) is 5.20. The van der Waals surface area contributed by atoms with Crippen LogP contribution in [0.15, 0.2) is 11.8 Å². The van der Waals surface area contributed by atoms with Crippen molar-refractivity contribution < 1.29 is 26.5 Å². The summed E-state index contributed by atoms with van der Waals surface area (Å²) in [7, 11) is 0. The zero-order valence-corrected chi connectivity index (χ0v) is 7.89. The summed E-state index contributed by atoms with van der Waals surface area (Å²) in [6.45, 7) is 4.35. The van der Waals surface area contributed by atoms with Crippen molar-refractivity contribution in [3.05, 3.63) is 11.8 Å². The number of carbonyl (C=O) groups excluding carboxylic acids is 1. The van der Waals surface area contributed by atoms with E-state index < -0.39 is 0 Å². The molecular weight excluding hydrogens is 181 g/mol. The van der Waals surface area contributed by atoms with Gasteiger partial charge in [0.1, 0.15) is 0 Å². The molecule has 1 fully saturated rings. The number of carbonyl (C=O) groups is 1. The molecule has 0 aromatic carbocycles. The molecule has 0 spiro atoms. The Morgan fingerprint density at radius 3 is 2.64 bits per heavy atom. The monoisotopic (exact) mass is 190 g/mol. The molecule has 1 rings (SSSR count). The molecule has 0 N–H and O–H groups in total. The summed E-state index contributed by atoms with van der Waals surface area (Å²) >= 11 is 2.24. The Balaban J connectivity index is 2.88. The maximum atomic E-state index is 11.3. The van der Waals surface area contributed by atoms with Gasteiger partial charge in [0.15, 0.2) is 0 Å². The van der Waals surface area contributed by atoms with Crippen molar-refractivity contribution in [2.45, 2.75) is 13.8 Å². The third-order valence-corrected chi connectivity index (χ3v) is 1.99. The number of allylic oxidation sites excluding steroid dienone is 1. The molecule has 1 saturated heterocycles. The molecule has 0 aromatic rings. The van der Waals surface area contributed by atoms with Crippen LogP contribution in [-0.4, -0.2) is 21.9 Å². The van der Waals surface area contributed by atoms with Gasteiger partial charge in [-0.15, -0.1) is 0 Å². The van der Waals surface area contributed by atoms with Crippen LogP contribution >= 0.6 is 0 Å². The van der Waals surface area contributed by atoms with E-state index in [1.807, 2.05) is 6.92 Å². The molecule has 1 heterocycles. The van der Waals surface area contributed by atoms with Gasteiger partial charge in [-0.25, -0.2) is 0 Å². The van der Waals surface area contributed by atoms with Crippen LogP contribution < -0.4 is 0 Å². The molecule has 1 aliphatic rings. The van der Waals surface area contributed by atoms with Gasteiger partial charge in [0.2, 0.25) is 0 Å². The molecule has 3 nitrogen and oxygen atoms in total. The molecule has 1 amide bonds. The van der Waals surface area contributed by atoms with Gasteiger partial charge in [-0.3, -0.25) is 0 Å². The van der Waals surface area contributed by atoms with Crippen LogP contribution in [0.3, 0.4) is 0 Å². The van der Waals surface area contributed by atoms with Crippen molar-refractivity contribution in [2.75, 3.05) is 6.54 Å². The molecule has 0 aromatic heterocycles. The summed E-state index contributed by atoms with van der Waals surface area (Å²) in [6, 6.07) is 0. The van der Waals surface area contributed by atoms with Crippen molar-refractivity contribution >= 4 is 10.4 Å². The Morgan fingerprint density at radius 1 is 1.73 bits per heavy atom. The van der Waals surface area contributed by atoms with E-state index >= 15 is 0 Å². The number of nitrogens with zero attached hydrogens (tertiary/aromatic N) is 1. The average molecular weight is 190 g/mol. The van der Waals surface area contributed by atoms with Crippen molar-refractivity contribution in [3.8, 4) is 0 Å². The fraction of sp³-hybridized carbons (Fsp3) is 0.429. The van der Waals surface area contributed by atoms with Gasteiger partial charge >= 0.3 is 74.1 Å². The fourth-order valence-electron chi connectivity index (χ4n) is 0.878. The van der Waals surface area contributed by atoms with Gasteiger partial charge in [-0.05, 0) is 0 Å². The van der Waals surface area contributed by atoms with E-state index in [4.69, 9.17) is 4.74 Å². The van der Waals surface area contributed by atoms with E-state index in [2.05, 4.69) is 17.0 Å². The van der Waals surface area contributed by atoms with Crippen LogP contribution in [0.1, 0.15) is 13.8 Å². The number of amides is 1. The van der Waals surface area contributed by atoms with E-state index in [0.717, 1.165) is 0 Å². The Labute approximate surface area is 74.5 Å². The molecule has 0 bridgehead atoms. The second-order valence-electron chi connectivity index (χ2n) is 2.09.